The van der Waals surface area contributed by atoms with E-state index in [9.17, 15) is 9.59 Å². The molecule has 32 heavy (non-hydrogen) atoms. The third-order valence-electron chi connectivity index (χ3n) is 5.01. The summed E-state index contributed by atoms with van der Waals surface area (Å²) < 4.78 is 4.67. The lowest BCUT2D eigenvalue weighted by molar-refractivity contribution is -0.118. The van der Waals surface area contributed by atoms with Gasteiger partial charge in [-0.3, -0.25) is 9.59 Å². The van der Waals surface area contributed by atoms with Crippen LogP contribution in [0.3, 0.4) is 0 Å². The molecule has 1 aliphatic rings. The van der Waals surface area contributed by atoms with E-state index in [2.05, 4.69) is 25.0 Å². The molecule has 3 heterocycles. The van der Waals surface area contributed by atoms with E-state index in [0.29, 0.717) is 35.2 Å². The van der Waals surface area contributed by atoms with Gasteiger partial charge in [-0.05, 0) is 24.3 Å². The second kappa shape index (κ2) is 9.92. The minimum Gasteiger partial charge on any atom is -0.368 e. The van der Waals surface area contributed by atoms with Gasteiger partial charge in [0, 0.05) is 73.0 Å². The minimum atomic E-state index is -0.297. The van der Waals surface area contributed by atoms with E-state index in [1.165, 1.54) is 18.1 Å². The van der Waals surface area contributed by atoms with Gasteiger partial charge in [0.05, 0.1) is 11.8 Å². The summed E-state index contributed by atoms with van der Waals surface area (Å²) >= 11 is 7.58. The minimum absolute atomic E-state index is 0.297. The number of hydrogen-bond acceptors (Lipinski definition) is 7. The van der Waals surface area contributed by atoms with Crippen molar-refractivity contribution in [3.8, 4) is 5.82 Å². The molecule has 0 unspecified atom stereocenters. The highest BCUT2D eigenvalue weighted by Gasteiger charge is 2.17. The molecule has 0 bridgehead atoms. The Morgan fingerprint density at radius 2 is 1.94 bits per heavy atom. The fourth-order valence-electron chi connectivity index (χ4n) is 3.42. The topological polar surface area (TPSA) is 95.4 Å². The molecular weight excluding hydrogens is 450 g/mol. The van der Waals surface area contributed by atoms with Gasteiger partial charge in [-0.1, -0.05) is 23.5 Å². The average molecular weight is 472 g/mol. The van der Waals surface area contributed by atoms with Crippen molar-refractivity contribution < 1.29 is 9.59 Å². The van der Waals surface area contributed by atoms with Gasteiger partial charge in [0.1, 0.15) is 0 Å². The highest BCUT2D eigenvalue weighted by Crippen LogP contribution is 2.25. The van der Waals surface area contributed by atoms with Gasteiger partial charge in [0.25, 0.3) is 5.91 Å². The molecule has 11 heteroatoms. The quantitative estimate of drug-likeness (QED) is 0.403. The smallest absolute Gasteiger partial charge is 0.258 e. The number of anilines is 3. The number of benzene rings is 1. The average Bonchev–Trinajstić information content (AvgIpc) is 3.30. The van der Waals surface area contributed by atoms with Crippen molar-refractivity contribution in [3.63, 3.8) is 0 Å². The lowest BCUT2D eigenvalue weighted by Gasteiger charge is -2.34. The van der Waals surface area contributed by atoms with E-state index in [1.807, 2.05) is 18.4 Å². The third-order valence-corrected chi connectivity index (χ3v) is 5.67. The normalized spacial score (nSPS) is 13.7. The molecule has 3 aromatic rings. The fourth-order valence-corrected chi connectivity index (χ4v) is 4.01. The molecule has 1 saturated heterocycles. The molecule has 0 atom stereocenters. The van der Waals surface area contributed by atoms with E-state index in [4.69, 9.17) is 11.6 Å². The first-order valence-electron chi connectivity index (χ1n) is 9.92. The summed E-state index contributed by atoms with van der Waals surface area (Å²) in [5.41, 5.74) is 2.78. The number of halogens is 1. The molecule has 1 fully saturated rings. The van der Waals surface area contributed by atoms with Gasteiger partial charge in [-0.15, -0.1) is 0 Å². The molecule has 4 rings (SSSR count). The van der Waals surface area contributed by atoms with Crippen LogP contribution in [0.1, 0.15) is 10.4 Å². The summed E-state index contributed by atoms with van der Waals surface area (Å²) in [6, 6.07) is 9.12. The van der Waals surface area contributed by atoms with Crippen LogP contribution in [-0.2, 0) is 4.79 Å². The van der Waals surface area contributed by atoms with Gasteiger partial charge in [-0.2, -0.15) is 5.10 Å². The summed E-state index contributed by atoms with van der Waals surface area (Å²) in [5, 5.41) is 7.67. The van der Waals surface area contributed by atoms with Crippen LogP contribution in [0.25, 0.3) is 5.82 Å². The van der Waals surface area contributed by atoms with Crippen LogP contribution in [0.4, 0.5) is 17.1 Å². The molecule has 0 aliphatic carbocycles. The molecular formula is C21H22ClN7O2S. The zero-order chi connectivity index (χ0) is 22.5. The van der Waals surface area contributed by atoms with Crippen molar-refractivity contribution in [2.45, 2.75) is 0 Å². The molecule has 9 nitrogen and oxygen atoms in total. The molecule has 2 amide bonds. The number of hydrogen-bond donors (Lipinski definition) is 2. The van der Waals surface area contributed by atoms with Gasteiger partial charge in [-0.25, -0.2) is 9.67 Å². The summed E-state index contributed by atoms with van der Waals surface area (Å²) in [7, 11) is 0. The zero-order valence-electron chi connectivity index (χ0n) is 17.4. The lowest BCUT2D eigenvalue weighted by atomic mass is 10.2. The second-order valence-electron chi connectivity index (χ2n) is 7.16. The van der Waals surface area contributed by atoms with Crippen LogP contribution in [0, 0.1) is 0 Å². The van der Waals surface area contributed by atoms with E-state index < -0.39 is 0 Å². The number of pyridine rings is 1. The number of rotatable bonds is 7. The Labute approximate surface area is 194 Å². The summed E-state index contributed by atoms with van der Waals surface area (Å²) in [6.45, 7) is 2.87. The second-order valence-corrected chi connectivity index (χ2v) is 8.21. The zero-order valence-corrected chi connectivity index (χ0v) is 18.9. The van der Waals surface area contributed by atoms with Crippen LogP contribution >= 0.6 is 23.5 Å². The Morgan fingerprint density at radius 3 is 2.69 bits per heavy atom. The predicted molar refractivity (Wildman–Crippen MR) is 128 cm³/mol. The fraction of sp³-hybridized carbons (Fsp3) is 0.238. The molecule has 0 radical (unpaired) electrons. The van der Waals surface area contributed by atoms with Crippen LogP contribution in [0.5, 0.6) is 0 Å². The summed E-state index contributed by atoms with van der Waals surface area (Å²) in [6.07, 6.45) is 7.64. The van der Waals surface area contributed by atoms with E-state index in [0.717, 1.165) is 30.9 Å². The van der Waals surface area contributed by atoms with Gasteiger partial charge in [0.15, 0.2) is 5.82 Å². The maximum atomic E-state index is 12.7. The van der Waals surface area contributed by atoms with Crippen molar-refractivity contribution >= 4 is 52.9 Å². The van der Waals surface area contributed by atoms with Gasteiger partial charge < -0.3 is 19.8 Å². The number of amides is 2. The van der Waals surface area contributed by atoms with Crippen molar-refractivity contribution in [2.24, 2.45) is 0 Å². The van der Waals surface area contributed by atoms with Crippen molar-refractivity contribution in [1.29, 1.82) is 0 Å². The standard InChI is InChI=1S/C21H22ClN7O2S/c1-32-26-18-9-16(22)8-17(10-18)25-21(31)15-12-24-29(13-15)20-11-19(2-3-23-20)28-6-4-27(14-30)5-7-28/h2-3,8-14,26H,4-7H2,1H3,(H,25,31). The molecule has 2 aromatic heterocycles. The van der Waals surface area contributed by atoms with E-state index >= 15 is 0 Å². The Morgan fingerprint density at radius 1 is 1.16 bits per heavy atom. The lowest BCUT2D eigenvalue weighted by Crippen LogP contribution is -2.45. The van der Waals surface area contributed by atoms with Crippen LogP contribution in [0.15, 0.2) is 48.9 Å². The Balaban J connectivity index is 1.47. The monoisotopic (exact) mass is 471 g/mol. The van der Waals surface area contributed by atoms with Crippen molar-refractivity contribution in [3.05, 3.63) is 59.5 Å². The molecule has 2 N–H and O–H groups in total. The largest absolute Gasteiger partial charge is 0.368 e. The van der Waals surface area contributed by atoms with Crippen molar-refractivity contribution in [2.75, 3.05) is 47.4 Å². The highest BCUT2D eigenvalue weighted by atomic mass is 35.5. The van der Waals surface area contributed by atoms with Gasteiger partial charge >= 0.3 is 0 Å². The third kappa shape index (κ3) is 5.14. The number of nitrogens with zero attached hydrogens (tertiary/aromatic N) is 5. The molecule has 0 spiro atoms. The maximum Gasteiger partial charge on any atom is 0.258 e. The Bertz CT molecular complexity index is 1120. The predicted octanol–water partition coefficient (Wildman–Crippen LogP) is 3.14. The molecule has 0 saturated carbocycles. The van der Waals surface area contributed by atoms with Crippen LogP contribution in [0.2, 0.25) is 5.02 Å². The van der Waals surface area contributed by atoms with Crippen LogP contribution < -0.4 is 14.9 Å². The molecule has 1 aliphatic heterocycles. The first kappa shape index (κ1) is 22.0. The summed E-state index contributed by atoms with van der Waals surface area (Å²) in [5.74, 6) is 0.309. The Kier molecular flexibility index (Phi) is 6.81. The molecule has 166 valence electrons. The van der Waals surface area contributed by atoms with Gasteiger partial charge in [0.2, 0.25) is 6.41 Å². The summed E-state index contributed by atoms with van der Waals surface area (Å²) in [4.78, 5) is 32.0. The number of carbonyl (C=O) groups excluding carboxylic acids is 2. The Hall–Kier alpha value is -3.24. The first-order valence-corrected chi connectivity index (χ1v) is 11.5. The number of nitrogens with one attached hydrogen (secondary N) is 2. The van der Waals surface area contributed by atoms with E-state index in [-0.39, 0.29) is 5.91 Å². The number of carbonyl (C=O) groups is 2. The molecule has 1 aromatic carbocycles. The SMILES string of the molecule is CSNc1cc(Cl)cc(NC(=O)c2cnn(-c3cc(N4CCN(C=O)CC4)ccn3)c2)c1. The number of piperazine rings is 1. The number of aromatic nitrogens is 3. The van der Waals surface area contributed by atoms with Crippen LogP contribution in [-0.4, -0.2) is 64.4 Å². The maximum absolute atomic E-state index is 12.7. The van der Waals surface area contributed by atoms with Crippen molar-refractivity contribution in [1.82, 2.24) is 19.7 Å². The first-order chi connectivity index (χ1) is 15.6. The highest BCUT2D eigenvalue weighted by molar-refractivity contribution is 7.99. The van der Waals surface area contributed by atoms with E-state index in [1.54, 1.807) is 40.2 Å².